The highest BCUT2D eigenvalue weighted by Crippen LogP contribution is 2.25. The summed E-state index contributed by atoms with van der Waals surface area (Å²) in [5, 5.41) is 10.6. The number of hydrogen-bond donors (Lipinski definition) is 1. The van der Waals surface area contributed by atoms with Gasteiger partial charge in [-0.3, -0.25) is 4.79 Å². The van der Waals surface area contributed by atoms with E-state index in [1.165, 1.54) is 18.2 Å². The Morgan fingerprint density at radius 2 is 1.75 bits per heavy atom. The smallest absolute Gasteiger partial charge is 0.255 e. The maximum Gasteiger partial charge on any atom is 0.255 e. The van der Waals surface area contributed by atoms with E-state index in [2.05, 4.69) is 0 Å². The maximum atomic E-state index is 12.6. The van der Waals surface area contributed by atoms with Crippen LogP contribution in [0.2, 0.25) is 10.0 Å². The second-order valence-corrected chi connectivity index (χ2v) is 6.57. The Labute approximate surface area is 150 Å². The lowest BCUT2D eigenvalue weighted by Crippen LogP contribution is -2.41. The molecule has 0 radical (unpaired) electrons. The van der Waals surface area contributed by atoms with Gasteiger partial charge in [-0.15, -0.1) is 0 Å². The summed E-state index contributed by atoms with van der Waals surface area (Å²) in [6, 6.07) is 11.7. The maximum absolute atomic E-state index is 12.6. The first-order chi connectivity index (χ1) is 11.5. The van der Waals surface area contributed by atoms with Crippen LogP contribution in [0.5, 0.6) is 11.5 Å². The van der Waals surface area contributed by atoms with E-state index in [-0.39, 0.29) is 17.8 Å². The van der Waals surface area contributed by atoms with E-state index in [9.17, 15) is 9.90 Å². The third-order valence-electron chi connectivity index (χ3n) is 4.03. The van der Waals surface area contributed by atoms with Crippen molar-refractivity contribution < 1.29 is 14.6 Å². The highest BCUT2D eigenvalue weighted by molar-refractivity contribution is 6.33. The fraction of sp³-hybridized carbons (Fsp3) is 0.278. The van der Waals surface area contributed by atoms with Gasteiger partial charge >= 0.3 is 0 Å². The topological polar surface area (TPSA) is 49.8 Å². The molecule has 6 heteroatoms. The molecule has 1 aliphatic rings. The number of carbonyl (C=O) groups is 1. The van der Waals surface area contributed by atoms with Crippen molar-refractivity contribution in [3.8, 4) is 11.5 Å². The van der Waals surface area contributed by atoms with Gasteiger partial charge in [0.05, 0.1) is 10.6 Å². The number of amides is 1. The lowest BCUT2D eigenvalue weighted by atomic mass is 10.1. The van der Waals surface area contributed by atoms with Crippen molar-refractivity contribution >= 4 is 29.1 Å². The van der Waals surface area contributed by atoms with Crippen LogP contribution in [0.15, 0.2) is 42.5 Å². The summed E-state index contributed by atoms with van der Waals surface area (Å²) in [5.41, 5.74) is 0.328. The molecule has 2 aromatic rings. The van der Waals surface area contributed by atoms with Crippen LogP contribution in [0.1, 0.15) is 23.2 Å². The van der Waals surface area contributed by atoms with Crippen molar-refractivity contribution in [2.24, 2.45) is 0 Å². The molecule has 1 aliphatic heterocycles. The van der Waals surface area contributed by atoms with Crippen molar-refractivity contribution in [3.63, 3.8) is 0 Å². The quantitative estimate of drug-likeness (QED) is 0.877. The summed E-state index contributed by atoms with van der Waals surface area (Å²) in [6.07, 6.45) is 1.55. The molecule has 0 aliphatic carbocycles. The minimum atomic E-state index is -0.166. The van der Waals surface area contributed by atoms with Crippen molar-refractivity contribution in [2.45, 2.75) is 18.9 Å². The number of phenols is 1. The lowest BCUT2D eigenvalue weighted by molar-refractivity contribution is 0.0595. The minimum Gasteiger partial charge on any atom is -0.508 e. The first kappa shape index (κ1) is 16.9. The Morgan fingerprint density at radius 1 is 1.08 bits per heavy atom. The van der Waals surface area contributed by atoms with Gasteiger partial charge in [0.2, 0.25) is 0 Å². The molecule has 1 N–H and O–H groups in total. The molecular weight excluding hydrogens is 349 g/mol. The third kappa shape index (κ3) is 3.94. The van der Waals surface area contributed by atoms with Gasteiger partial charge in [-0.05, 0) is 42.5 Å². The molecule has 0 saturated carbocycles. The Kier molecular flexibility index (Phi) is 5.17. The number of ether oxygens (including phenoxy) is 1. The van der Waals surface area contributed by atoms with E-state index >= 15 is 0 Å². The zero-order valence-corrected chi connectivity index (χ0v) is 14.4. The summed E-state index contributed by atoms with van der Waals surface area (Å²) >= 11 is 11.9. The number of carbonyl (C=O) groups excluding carboxylic acids is 1. The van der Waals surface area contributed by atoms with Crippen LogP contribution in [0, 0.1) is 0 Å². The van der Waals surface area contributed by atoms with Crippen molar-refractivity contribution in [3.05, 3.63) is 58.1 Å². The van der Waals surface area contributed by atoms with Crippen LogP contribution in [0.3, 0.4) is 0 Å². The predicted octanol–water partition coefficient (Wildman–Crippen LogP) is 4.38. The molecule has 3 rings (SSSR count). The van der Waals surface area contributed by atoms with Gasteiger partial charge in [0.1, 0.15) is 17.6 Å². The number of aromatic hydroxyl groups is 1. The summed E-state index contributed by atoms with van der Waals surface area (Å²) in [5.74, 6) is 0.643. The number of piperidine rings is 1. The number of phenolic OH excluding ortho intramolecular Hbond substituents is 1. The number of benzene rings is 2. The third-order valence-corrected chi connectivity index (χ3v) is 4.61. The van der Waals surface area contributed by atoms with Crippen LogP contribution in [0.25, 0.3) is 0 Å². The number of rotatable bonds is 3. The van der Waals surface area contributed by atoms with Gasteiger partial charge in [-0.2, -0.15) is 0 Å². The highest BCUT2D eigenvalue weighted by atomic mass is 35.5. The van der Waals surface area contributed by atoms with Gasteiger partial charge in [-0.25, -0.2) is 0 Å². The SMILES string of the molecule is O=C(c1cc(O)ccc1Cl)N1CCC(Oc2ccc(Cl)cc2)CC1. The number of likely N-dealkylation sites (tertiary alicyclic amines) is 1. The van der Waals surface area contributed by atoms with Crippen LogP contribution < -0.4 is 4.74 Å². The molecule has 1 heterocycles. The van der Waals surface area contributed by atoms with Crippen LogP contribution >= 0.6 is 23.2 Å². The largest absolute Gasteiger partial charge is 0.508 e. The monoisotopic (exact) mass is 365 g/mol. The molecule has 24 heavy (non-hydrogen) atoms. The molecule has 0 atom stereocenters. The van der Waals surface area contributed by atoms with Gasteiger partial charge in [0.15, 0.2) is 0 Å². The average molecular weight is 366 g/mol. The molecule has 1 amide bonds. The Bertz CT molecular complexity index is 726. The average Bonchev–Trinajstić information content (AvgIpc) is 2.59. The molecule has 0 bridgehead atoms. The van der Waals surface area contributed by atoms with Gasteiger partial charge in [0.25, 0.3) is 5.91 Å². The molecular formula is C18H17Cl2NO3. The lowest BCUT2D eigenvalue weighted by Gasteiger charge is -2.32. The predicted molar refractivity (Wildman–Crippen MR) is 94.1 cm³/mol. The first-order valence-electron chi connectivity index (χ1n) is 7.73. The van der Waals surface area contributed by atoms with Gasteiger partial charge in [-0.1, -0.05) is 23.2 Å². The summed E-state index contributed by atoms with van der Waals surface area (Å²) in [4.78, 5) is 14.3. The van der Waals surface area contributed by atoms with Crippen LogP contribution in [-0.4, -0.2) is 35.1 Å². The fourth-order valence-corrected chi connectivity index (χ4v) is 3.05. The van der Waals surface area contributed by atoms with Crippen molar-refractivity contribution in [2.75, 3.05) is 13.1 Å². The molecule has 2 aromatic carbocycles. The number of hydrogen-bond acceptors (Lipinski definition) is 3. The molecule has 0 unspecified atom stereocenters. The molecule has 1 saturated heterocycles. The molecule has 1 fully saturated rings. The Balaban J connectivity index is 1.59. The van der Waals surface area contributed by atoms with Gasteiger partial charge in [0, 0.05) is 31.0 Å². The van der Waals surface area contributed by atoms with E-state index in [0.717, 1.165) is 18.6 Å². The van der Waals surface area contributed by atoms with Crippen molar-refractivity contribution in [1.29, 1.82) is 0 Å². The second-order valence-electron chi connectivity index (χ2n) is 5.73. The van der Waals surface area contributed by atoms with Crippen molar-refractivity contribution in [1.82, 2.24) is 4.90 Å². The zero-order valence-electron chi connectivity index (χ0n) is 12.9. The standard InChI is InChI=1S/C18H17Cl2NO3/c19-12-1-4-14(5-2-12)24-15-7-9-21(10-8-15)18(23)16-11-13(22)3-6-17(16)20/h1-6,11,15,22H,7-10H2. The summed E-state index contributed by atoms with van der Waals surface area (Å²) in [7, 11) is 0. The second kappa shape index (κ2) is 7.32. The van der Waals surface area contributed by atoms with E-state index in [1.807, 2.05) is 12.1 Å². The number of nitrogens with zero attached hydrogens (tertiary/aromatic N) is 1. The fourth-order valence-electron chi connectivity index (χ4n) is 2.73. The summed E-state index contributed by atoms with van der Waals surface area (Å²) < 4.78 is 5.92. The van der Waals surface area contributed by atoms with Gasteiger partial charge < -0.3 is 14.7 Å². The first-order valence-corrected chi connectivity index (χ1v) is 8.48. The Morgan fingerprint density at radius 3 is 2.42 bits per heavy atom. The normalized spacial score (nSPS) is 15.3. The van der Waals surface area contributed by atoms with E-state index in [1.54, 1.807) is 17.0 Å². The Hall–Kier alpha value is -1.91. The summed E-state index contributed by atoms with van der Waals surface area (Å²) in [6.45, 7) is 1.17. The highest BCUT2D eigenvalue weighted by Gasteiger charge is 2.26. The molecule has 0 spiro atoms. The van der Waals surface area contributed by atoms with Crippen LogP contribution in [0.4, 0.5) is 0 Å². The van der Waals surface area contributed by atoms with E-state index in [4.69, 9.17) is 27.9 Å². The molecule has 4 nitrogen and oxygen atoms in total. The minimum absolute atomic E-state index is 0.0312. The van der Waals surface area contributed by atoms with E-state index < -0.39 is 0 Å². The number of halogens is 2. The molecule has 126 valence electrons. The zero-order chi connectivity index (χ0) is 17.1. The van der Waals surface area contributed by atoms with E-state index in [0.29, 0.717) is 28.7 Å². The van der Waals surface area contributed by atoms with Crippen LogP contribution in [-0.2, 0) is 0 Å². The molecule has 0 aromatic heterocycles.